The van der Waals surface area contributed by atoms with Crippen molar-refractivity contribution < 1.29 is 13.2 Å². The van der Waals surface area contributed by atoms with Gasteiger partial charge in [0.1, 0.15) is 0 Å². The Kier molecular flexibility index (Phi) is 6.25. The smallest absolute Gasteiger partial charge is 0.255 e. The predicted octanol–water partition coefficient (Wildman–Crippen LogP) is 4.87. The minimum absolute atomic E-state index is 0.175. The maximum Gasteiger partial charge on any atom is 0.255 e. The molecule has 0 aliphatic carbocycles. The Hall–Kier alpha value is -2.83. The van der Waals surface area contributed by atoms with Crippen molar-refractivity contribution in [1.29, 1.82) is 0 Å². The van der Waals surface area contributed by atoms with Crippen molar-refractivity contribution in [2.45, 2.75) is 13.5 Å². The molecule has 3 aromatic rings. The molecule has 7 heteroatoms. The topological polar surface area (TPSA) is 66.5 Å². The van der Waals surface area contributed by atoms with Gasteiger partial charge in [0.25, 0.3) is 5.91 Å². The van der Waals surface area contributed by atoms with E-state index in [2.05, 4.69) is 5.32 Å². The lowest BCUT2D eigenvalue weighted by Crippen LogP contribution is -2.29. The lowest BCUT2D eigenvalue weighted by Gasteiger charge is -2.23. The SMILES string of the molecule is Cc1cccc(N(Cc2ccc(C(=O)Nc3ccccc3Cl)cc2)S(C)(=O)=O)c1. The van der Waals surface area contributed by atoms with Gasteiger partial charge in [-0.3, -0.25) is 9.10 Å². The van der Waals surface area contributed by atoms with Crippen LogP contribution in [0.15, 0.2) is 72.8 Å². The highest BCUT2D eigenvalue weighted by Gasteiger charge is 2.18. The van der Waals surface area contributed by atoms with E-state index < -0.39 is 10.0 Å². The van der Waals surface area contributed by atoms with Crippen molar-refractivity contribution in [3.8, 4) is 0 Å². The molecule has 3 rings (SSSR count). The minimum atomic E-state index is -3.47. The molecule has 0 aliphatic rings. The number of amides is 1. The largest absolute Gasteiger partial charge is 0.321 e. The maximum absolute atomic E-state index is 12.4. The number of carbonyl (C=O) groups is 1. The Labute approximate surface area is 176 Å². The van der Waals surface area contributed by atoms with E-state index in [-0.39, 0.29) is 12.5 Å². The monoisotopic (exact) mass is 428 g/mol. The minimum Gasteiger partial charge on any atom is -0.321 e. The number of aryl methyl sites for hydroxylation is 1. The quantitative estimate of drug-likeness (QED) is 0.609. The van der Waals surface area contributed by atoms with Crippen LogP contribution in [0.2, 0.25) is 5.02 Å². The van der Waals surface area contributed by atoms with E-state index in [0.717, 1.165) is 11.1 Å². The summed E-state index contributed by atoms with van der Waals surface area (Å²) in [5, 5.41) is 3.22. The first-order valence-electron chi connectivity index (χ1n) is 8.93. The van der Waals surface area contributed by atoms with Gasteiger partial charge in [-0.2, -0.15) is 0 Å². The highest BCUT2D eigenvalue weighted by molar-refractivity contribution is 7.92. The van der Waals surface area contributed by atoms with Gasteiger partial charge in [0.05, 0.1) is 29.2 Å². The summed E-state index contributed by atoms with van der Waals surface area (Å²) in [7, 11) is -3.47. The van der Waals surface area contributed by atoms with Crippen LogP contribution in [0.4, 0.5) is 11.4 Å². The molecule has 0 atom stereocenters. The molecule has 5 nitrogen and oxygen atoms in total. The van der Waals surface area contributed by atoms with Gasteiger partial charge in [-0.1, -0.05) is 48.0 Å². The fourth-order valence-electron chi connectivity index (χ4n) is 2.87. The second-order valence-corrected chi connectivity index (χ2v) is 9.05. The van der Waals surface area contributed by atoms with Crippen molar-refractivity contribution in [1.82, 2.24) is 0 Å². The summed E-state index contributed by atoms with van der Waals surface area (Å²) < 4.78 is 26.0. The third kappa shape index (κ3) is 5.37. The van der Waals surface area contributed by atoms with Crippen LogP contribution in [0.5, 0.6) is 0 Å². The van der Waals surface area contributed by atoms with Gasteiger partial charge in [0, 0.05) is 5.56 Å². The first kappa shape index (κ1) is 20.9. The fourth-order valence-corrected chi connectivity index (χ4v) is 3.93. The number of sulfonamides is 1. The lowest BCUT2D eigenvalue weighted by molar-refractivity contribution is 0.102. The van der Waals surface area contributed by atoms with Crippen molar-refractivity contribution in [2.24, 2.45) is 0 Å². The van der Waals surface area contributed by atoms with Crippen molar-refractivity contribution in [2.75, 3.05) is 15.9 Å². The number of halogens is 1. The van der Waals surface area contributed by atoms with Crippen LogP contribution in [0, 0.1) is 6.92 Å². The standard InChI is InChI=1S/C22H21ClN2O3S/c1-16-6-5-7-19(14-16)25(29(2,27)28)15-17-10-12-18(13-11-17)22(26)24-21-9-4-3-8-20(21)23/h3-14H,15H2,1-2H3,(H,24,26). The summed E-state index contributed by atoms with van der Waals surface area (Å²) in [6.45, 7) is 2.09. The molecule has 0 fully saturated rings. The van der Waals surface area contributed by atoms with Crippen LogP contribution in [0.3, 0.4) is 0 Å². The van der Waals surface area contributed by atoms with E-state index in [4.69, 9.17) is 11.6 Å². The molecule has 0 bridgehead atoms. The fraction of sp³-hybridized carbons (Fsp3) is 0.136. The zero-order chi connectivity index (χ0) is 21.0. The molecule has 0 saturated carbocycles. The molecular weight excluding hydrogens is 408 g/mol. The predicted molar refractivity (Wildman–Crippen MR) is 118 cm³/mol. The van der Waals surface area contributed by atoms with E-state index in [1.807, 2.05) is 25.1 Å². The molecule has 1 N–H and O–H groups in total. The number of hydrogen-bond acceptors (Lipinski definition) is 3. The van der Waals surface area contributed by atoms with Gasteiger partial charge in [0.15, 0.2) is 0 Å². The molecule has 3 aromatic carbocycles. The first-order valence-corrected chi connectivity index (χ1v) is 11.2. The van der Waals surface area contributed by atoms with Crippen LogP contribution in [-0.2, 0) is 16.6 Å². The van der Waals surface area contributed by atoms with Crippen LogP contribution in [-0.4, -0.2) is 20.6 Å². The van der Waals surface area contributed by atoms with Gasteiger partial charge in [-0.25, -0.2) is 8.42 Å². The maximum atomic E-state index is 12.4. The third-order valence-corrected chi connectivity index (χ3v) is 5.82. The van der Waals surface area contributed by atoms with Gasteiger partial charge >= 0.3 is 0 Å². The zero-order valence-corrected chi connectivity index (χ0v) is 17.7. The summed E-state index contributed by atoms with van der Waals surface area (Å²) in [4.78, 5) is 12.4. The number of rotatable bonds is 6. The Bertz CT molecular complexity index is 1130. The van der Waals surface area contributed by atoms with Gasteiger partial charge in [-0.05, 0) is 54.4 Å². The third-order valence-electron chi connectivity index (χ3n) is 4.35. The molecular formula is C22H21ClN2O3S. The molecule has 0 unspecified atom stereocenters. The van der Waals surface area contributed by atoms with Crippen LogP contribution < -0.4 is 9.62 Å². The van der Waals surface area contributed by atoms with Gasteiger partial charge < -0.3 is 5.32 Å². The highest BCUT2D eigenvalue weighted by Crippen LogP contribution is 2.23. The van der Waals surface area contributed by atoms with E-state index in [0.29, 0.717) is 22.0 Å². The van der Waals surface area contributed by atoms with Crippen molar-refractivity contribution in [3.63, 3.8) is 0 Å². The molecule has 0 saturated heterocycles. The number of nitrogens with zero attached hydrogens (tertiary/aromatic N) is 1. The molecule has 150 valence electrons. The molecule has 0 aromatic heterocycles. The van der Waals surface area contributed by atoms with Crippen LogP contribution >= 0.6 is 11.6 Å². The lowest BCUT2D eigenvalue weighted by atomic mass is 10.1. The first-order chi connectivity index (χ1) is 13.7. The molecule has 1 amide bonds. The second kappa shape index (κ2) is 8.68. The number of nitrogens with one attached hydrogen (secondary N) is 1. The molecule has 0 radical (unpaired) electrons. The Morgan fingerprint density at radius 2 is 1.69 bits per heavy atom. The Morgan fingerprint density at radius 3 is 2.31 bits per heavy atom. The number of hydrogen-bond donors (Lipinski definition) is 1. The molecule has 29 heavy (non-hydrogen) atoms. The number of anilines is 2. The number of carbonyl (C=O) groups excluding carboxylic acids is 1. The molecule has 0 heterocycles. The molecule has 0 aliphatic heterocycles. The van der Waals surface area contributed by atoms with Gasteiger partial charge in [0.2, 0.25) is 10.0 Å². The zero-order valence-electron chi connectivity index (χ0n) is 16.1. The summed E-state index contributed by atoms with van der Waals surface area (Å²) in [5.41, 5.74) is 3.34. The summed E-state index contributed by atoms with van der Waals surface area (Å²) in [6, 6.07) is 21.1. The molecule has 0 spiro atoms. The average molecular weight is 429 g/mol. The Morgan fingerprint density at radius 1 is 1.00 bits per heavy atom. The average Bonchev–Trinajstić information content (AvgIpc) is 2.67. The number of benzene rings is 3. The van der Waals surface area contributed by atoms with E-state index in [1.165, 1.54) is 10.6 Å². The van der Waals surface area contributed by atoms with E-state index in [1.54, 1.807) is 54.6 Å². The van der Waals surface area contributed by atoms with E-state index in [9.17, 15) is 13.2 Å². The number of para-hydroxylation sites is 1. The Balaban J connectivity index is 1.78. The normalized spacial score (nSPS) is 11.1. The van der Waals surface area contributed by atoms with Crippen LogP contribution in [0.1, 0.15) is 21.5 Å². The van der Waals surface area contributed by atoms with E-state index >= 15 is 0 Å². The van der Waals surface area contributed by atoms with Crippen molar-refractivity contribution >= 4 is 38.9 Å². The second-order valence-electron chi connectivity index (χ2n) is 6.74. The highest BCUT2D eigenvalue weighted by atomic mass is 35.5. The summed E-state index contributed by atoms with van der Waals surface area (Å²) in [6.07, 6.45) is 1.18. The van der Waals surface area contributed by atoms with Gasteiger partial charge in [-0.15, -0.1) is 0 Å². The summed E-state index contributed by atoms with van der Waals surface area (Å²) in [5.74, 6) is -0.289. The van der Waals surface area contributed by atoms with Crippen LogP contribution in [0.25, 0.3) is 0 Å². The van der Waals surface area contributed by atoms with Crippen molar-refractivity contribution in [3.05, 3.63) is 94.5 Å². The summed E-state index contributed by atoms with van der Waals surface area (Å²) >= 11 is 6.07.